The number of para-hydroxylation sites is 1. The number of aryl methyl sites for hydroxylation is 2. The van der Waals surface area contributed by atoms with Gasteiger partial charge in [-0.05, 0) is 31.5 Å². The number of rotatable bonds is 6. The fourth-order valence-electron chi connectivity index (χ4n) is 2.56. The van der Waals surface area contributed by atoms with Gasteiger partial charge in [-0.2, -0.15) is 0 Å². The predicted octanol–water partition coefficient (Wildman–Crippen LogP) is 4.18. The number of nitrogens with one attached hydrogen (secondary N) is 1. The smallest absolute Gasteiger partial charge is 0.271 e. The van der Waals surface area contributed by atoms with E-state index in [0.717, 1.165) is 17.1 Å². The van der Waals surface area contributed by atoms with Crippen LogP contribution in [0.1, 0.15) is 11.4 Å². The number of non-ortho nitro benzene ring substituents is 1. The van der Waals surface area contributed by atoms with Crippen LogP contribution in [0.2, 0.25) is 5.02 Å². The van der Waals surface area contributed by atoms with E-state index in [1.807, 2.05) is 42.7 Å². The number of carbonyl (C=O) groups is 1. The minimum Gasteiger partial charge on any atom is -0.324 e. The van der Waals surface area contributed by atoms with Gasteiger partial charge in [0.05, 0.1) is 27.1 Å². The molecule has 0 aliphatic rings. The van der Waals surface area contributed by atoms with Gasteiger partial charge in [-0.3, -0.25) is 19.5 Å². The van der Waals surface area contributed by atoms with Gasteiger partial charge >= 0.3 is 0 Å². The number of carbonyl (C=O) groups excluding carboxylic acids is 1. The highest BCUT2D eigenvalue weighted by atomic mass is 35.5. The quantitative estimate of drug-likeness (QED) is 0.366. The van der Waals surface area contributed by atoms with Crippen molar-refractivity contribution in [2.75, 3.05) is 11.1 Å². The number of anilines is 1. The van der Waals surface area contributed by atoms with Crippen molar-refractivity contribution in [3.05, 3.63) is 69.0 Å². The Morgan fingerprint density at radius 3 is 2.68 bits per heavy atom. The van der Waals surface area contributed by atoms with Gasteiger partial charge < -0.3 is 5.32 Å². The van der Waals surface area contributed by atoms with E-state index in [2.05, 4.69) is 15.5 Å². The van der Waals surface area contributed by atoms with Crippen LogP contribution in [-0.2, 0) is 4.79 Å². The zero-order valence-electron chi connectivity index (χ0n) is 15.0. The van der Waals surface area contributed by atoms with Crippen LogP contribution in [0.4, 0.5) is 11.4 Å². The van der Waals surface area contributed by atoms with Crippen molar-refractivity contribution < 1.29 is 9.72 Å². The maximum atomic E-state index is 12.3. The van der Waals surface area contributed by atoms with Crippen LogP contribution in [0.3, 0.4) is 0 Å². The summed E-state index contributed by atoms with van der Waals surface area (Å²) in [6.45, 7) is 3.84. The van der Waals surface area contributed by atoms with Gasteiger partial charge in [-0.1, -0.05) is 41.6 Å². The van der Waals surface area contributed by atoms with E-state index in [-0.39, 0.29) is 22.4 Å². The number of hydrogen-bond donors (Lipinski definition) is 1. The zero-order valence-corrected chi connectivity index (χ0v) is 16.6. The summed E-state index contributed by atoms with van der Waals surface area (Å²) in [5, 5.41) is 22.4. The lowest BCUT2D eigenvalue weighted by atomic mass is 10.2. The molecule has 1 N–H and O–H groups in total. The molecule has 0 saturated heterocycles. The van der Waals surface area contributed by atoms with Crippen molar-refractivity contribution in [3.8, 4) is 5.69 Å². The predicted molar refractivity (Wildman–Crippen MR) is 108 cm³/mol. The van der Waals surface area contributed by atoms with E-state index < -0.39 is 4.92 Å². The van der Waals surface area contributed by atoms with Crippen molar-refractivity contribution in [1.82, 2.24) is 14.8 Å². The summed E-state index contributed by atoms with van der Waals surface area (Å²) < 4.78 is 1.89. The van der Waals surface area contributed by atoms with Crippen LogP contribution >= 0.6 is 23.4 Å². The third-order valence-corrected chi connectivity index (χ3v) is 5.16. The maximum absolute atomic E-state index is 12.3. The minimum absolute atomic E-state index is 0.0807. The fraction of sp³-hybridized carbons (Fsp3) is 0.167. The van der Waals surface area contributed by atoms with E-state index >= 15 is 0 Å². The number of amides is 1. The lowest BCUT2D eigenvalue weighted by Gasteiger charge is -2.11. The summed E-state index contributed by atoms with van der Waals surface area (Å²) in [4.78, 5) is 22.5. The molecule has 0 atom stereocenters. The van der Waals surface area contributed by atoms with Crippen molar-refractivity contribution in [2.24, 2.45) is 0 Å². The molecule has 1 amide bonds. The van der Waals surface area contributed by atoms with E-state index in [1.165, 1.54) is 30.0 Å². The maximum Gasteiger partial charge on any atom is 0.271 e. The summed E-state index contributed by atoms with van der Waals surface area (Å²) in [6.07, 6.45) is 0. The highest BCUT2D eigenvalue weighted by Gasteiger charge is 2.16. The van der Waals surface area contributed by atoms with E-state index in [0.29, 0.717) is 10.8 Å². The molecule has 3 aromatic rings. The van der Waals surface area contributed by atoms with Crippen LogP contribution in [0, 0.1) is 24.0 Å². The molecular weight excluding hydrogens is 402 g/mol. The molecule has 0 unspecified atom stereocenters. The van der Waals surface area contributed by atoms with Gasteiger partial charge in [0, 0.05) is 12.1 Å². The van der Waals surface area contributed by atoms with Gasteiger partial charge in [0.15, 0.2) is 5.16 Å². The molecular formula is C18H16ClN5O3S. The summed E-state index contributed by atoms with van der Waals surface area (Å²) >= 11 is 7.25. The van der Waals surface area contributed by atoms with Crippen molar-refractivity contribution in [1.29, 1.82) is 0 Å². The molecule has 8 nitrogen and oxygen atoms in total. The first-order valence-electron chi connectivity index (χ1n) is 8.21. The summed E-state index contributed by atoms with van der Waals surface area (Å²) in [5.41, 5.74) is 2.19. The second kappa shape index (κ2) is 8.41. The molecule has 2 aromatic carbocycles. The number of nitro groups is 1. The number of halogens is 1. The number of nitrogens with zero attached hydrogens (tertiary/aromatic N) is 4. The van der Waals surface area contributed by atoms with Crippen molar-refractivity contribution in [3.63, 3.8) is 0 Å². The van der Waals surface area contributed by atoms with E-state index in [4.69, 9.17) is 11.6 Å². The van der Waals surface area contributed by atoms with E-state index in [9.17, 15) is 14.9 Å². The first kappa shape index (κ1) is 19.8. The van der Waals surface area contributed by atoms with Crippen LogP contribution in [0.15, 0.2) is 47.6 Å². The Morgan fingerprint density at radius 1 is 1.25 bits per heavy atom. The Labute approximate surface area is 170 Å². The molecule has 0 aliphatic carbocycles. The second-order valence-electron chi connectivity index (χ2n) is 5.91. The fourth-order valence-corrected chi connectivity index (χ4v) is 3.58. The van der Waals surface area contributed by atoms with Gasteiger partial charge in [0.1, 0.15) is 5.82 Å². The summed E-state index contributed by atoms with van der Waals surface area (Å²) in [7, 11) is 0. The number of thioether (sulfide) groups is 1. The Kier molecular flexibility index (Phi) is 5.96. The molecule has 0 saturated carbocycles. The SMILES string of the molecule is Cc1ccccc1-n1c(C)nnc1SCC(=O)Nc1ccc([N+](=O)[O-])cc1Cl. The highest BCUT2D eigenvalue weighted by molar-refractivity contribution is 7.99. The van der Waals surface area contributed by atoms with Crippen LogP contribution in [0.5, 0.6) is 0 Å². The number of hydrogen-bond acceptors (Lipinski definition) is 6. The number of nitro benzene ring substituents is 1. The molecule has 0 spiro atoms. The largest absolute Gasteiger partial charge is 0.324 e. The van der Waals surface area contributed by atoms with Crippen LogP contribution in [-0.4, -0.2) is 31.3 Å². The third kappa shape index (κ3) is 4.32. The summed E-state index contributed by atoms with van der Waals surface area (Å²) in [6, 6.07) is 11.7. The molecule has 144 valence electrons. The Bertz CT molecular complexity index is 1050. The Morgan fingerprint density at radius 2 is 2.00 bits per heavy atom. The number of benzene rings is 2. The first-order chi connectivity index (χ1) is 13.4. The normalized spacial score (nSPS) is 10.7. The average Bonchev–Trinajstić information content (AvgIpc) is 3.02. The molecule has 0 fully saturated rings. The highest BCUT2D eigenvalue weighted by Crippen LogP contribution is 2.28. The zero-order chi connectivity index (χ0) is 20.3. The Hall–Kier alpha value is -2.91. The third-order valence-electron chi connectivity index (χ3n) is 3.92. The number of aromatic nitrogens is 3. The lowest BCUT2D eigenvalue weighted by Crippen LogP contribution is -2.15. The van der Waals surface area contributed by atoms with Gasteiger partial charge in [-0.15, -0.1) is 10.2 Å². The molecule has 3 rings (SSSR count). The van der Waals surface area contributed by atoms with Crippen LogP contribution < -0.4 is 5.32 Å². The standard InChI is InChI=1S/C18H16ClN5O3S/c1-11-5-3-4-6-16(11)23-12(2)21-22-18(23)28-10-17(25)20-15-8-7-13(24(26)27)9-14(15)19/h3-9H,10H2,1-2H3,(H,20,25). The van der Waals surface area contributed by atoms with Crippen LogP contribution in [0.25, 0.3) is 5.69 Å². The molecule has 0 radical (unpaired) electrons. The molecule has 10 heteroatoms. The average molecular weight is 418 g/mol. The molecule has 1 heterocycles. The molecule has 28 heavy (non-hydrogen) atoms. The van der Waals surface area contributed by atoms with Gasteiger partial charge in [0.2, 0.25) is 5.91 Å². The monoisotopic (exact) mass is 417 g/mol. The van der Waals surface area contributed by atoms with Crippen molar-refractivity contribution >= 4 is 40.6 Å². The first-order valence-corrected chi connectivity index (χ1v) is 9.58. The van der Waals surface area contributed by atoms with Gasteiger partial charge in [0.25, 0.3) is 5.69 Å². The Balaban J connectivity index is 1.71. The van der Waals surface area contributed by atoms with Crippen molar-refractivity contribution in [2.45, 2.75) is 19.0 Å². The second-order valence-corrected chi connectivity index (χ2v) is 7.26. The topological polar surface area (TPSA) is 103 Å². The minimum atomic E-state index is -0.548. The van der Waals surface area contributed by atoms with Gasteiger partial charge in [-0.25, -0.2) is 0 Å². The molecule has 0 aliphatic heterocycles. The van der Waals surface area contributed by atoms with E-state index in [1.54, 1.807) is 0 Å². The lowest BCUT2D eigenvalue weighted by molar-refractivity contribution is -0.384. The summed E-state index contributed by atoms with van der Waals surface area (Å²) in [5.74, 6) is 0.491. The molecule has 0 bridgehead atoms. The molecule has 1 aromatic heterocycles.